The second-order valence-corrected chi connectivity index (χ2v) is 6.85. The van der Waals surface area contributed by atoms with E-state index in [0.717, 1.165) is 28.6 Å². The second-order valence-electron chi connectivity index (χ2n) is 5.64. The van der Waals surface area contributed by atoms with Crippen LogP contribution in [-0.2, 0) is 13.1 Å². The van der Waals surface area contributed by atoms with Gasteiger partial charge in [0.15, 0.2) is 0 Å². The van der Waals surface area contributed by atoms with Crippen LogP contribution in [0.15, 0.2) is 24.3 Å². The van der Waals surface area contributed by atoms with Crippen LogP contribution in [0.5, 0.6) is 5.75 Å². The van der Waals surface area contributed by atoms with Crippen molar-refractivity contribution >= 4 is 21.6 Å². The molecule has 23 heavy (non-hydrogen) atoms. The molecule has 0 saturated heterocycles. The number of aryl methyl sites for hydroxylation is 3. The standard InChI is InChI=1S/C18H21N3OS/c1-11-13(3)23-18-17(11)12(2)20-16(21-18)10-19-9-14-6-5-7-15(8-14)22-4/h5-8,19H,9-10H2,1-4H3. The molecule has 120 valence electrons. The molecule has 3 aromatic rings. The highest BCUT2D eigenvalue weighted by Gasteiger charge is 2.11. The lowest BCUT2D eigenvalue weighted by Crippen LogP contribution is -2.15. The molecular weight excluding hydrogens is 306 g/mol. The molecule has 0 spiro atoms. The summed E-state index contributed by atoms with van der Waals surface area (Å²) in [6.07, 6.45) is 0. The number of methoxy groups -OCH3 is 1. The third-order valence-corrected chi connectivity index (χ3v) is 5.10. The summed E-state index contributed by atoms with van der Waals surface area (Å²) in [4.78, 5) is 11.8. The van der Waals surface area contributed by atoms with E-state index in [-0.39, 0.29) is 0 Å². The van der Waals surface area contributed by atoms with Crippen molar-refractivity contribution in [1.29, 1.82) is 0 Å². The van der Waals surface area contributed by atoms with Crippen LogP contribution in [0.25, 0.3) is 10.2 Å². The van der Waals surface area contributed by atoms with E-state index in [1.165, 1.54) is 21.4 Å². The maximum absolute atomic E-state index is 5.25. The topological polar surface area (TPSA) is 47.0 Å². The van der Waals surface area contributed by atoms with E-state index >= 15 is 0 Å². The van der Waals surface area contributed by atoms with Crippen molar-refractivity contribution in [2.45, 2.75) is 33.9 Å². The van der Waals surface area contributed by atoms with E-state index in [1.54, 1.807) is 18.4 Å². The fourth-order valence-electron chi connectivity index (χ4n) is 2.69. The molecule has 0 radical (unpaired) electrons. The molecule has 0 aliphatic rings. The van der Waals surface area contributed by atoms with Crippen molar-refractivity contribution in [3.8, 4) is 5.75 Å². The average molecular weight is 327 g/mol. The number of fused-ring (bicyclic) bond motifs is 1. The zero-order valence-electron chi connectivity index (χ0n) is 13.9. The molecule has 2 heterocycles. The summed E-state index contributed by atoms with van der Waals surface area (Å²) in [5, 5.41) is 4.62. The predicted molar refractivity (Wildman–Crippen MR) is 95.2 cm³/mol. The first-order valence-electron chi connectivity index (χ1n) is 7.65. The van der Waals surface area contributed by atoms with Gasteiger partial charge in [0.2, 0.25) is 0 Å². The van der Waals surface area contributed by atoms with E-state index in [4.69, 9.17) is 9.72 Å². The number of ether oxygens (including phenoxy) is 1. The summed E-state index contributed by atoms with van der Waals surface area (Å²) in [5.74, 6) is 1.72. The highest BCUT2D eigenvalue weighted by molar-refractivity contribution is 7.18. The summed E-state index contributed by atoms with van der Waals surface area (Å²) < 4.78 is 5.25. The number of benzene rings is 1. The van der Waals surface area contributed by atoms with Gasteiger partial charge in [-0.25, -0.2) is 9.97 Å². The van der Waals surface area contributed by atoms with Gasteiger partial charge in [0.1, 0.15) is 16.4 Å². The summed E-state index contributed by atoms with van der Waals surface area (Å²) in [7, 11) is 1.68. The molecule has 0 amide bonds. The molecule has 1 aromatic carbocycles. The predicted octanol–water partition coefficient (Wildman–Crippen LogP) is 3.91. The van der Waals surface area contributed by atoms with Crippen molar-refractivity contribution < 1.29 is 4.74 Å². The van der Waals surface area contributed by atoms with Crippen molar-refractivity contribution in [2.75, 3.05) is 7.11 Å². The Balaban J connectivity index is 1.72. The SMILES string of the molecule is COc1cccc(CNCc2nc(C)c3c(C)c(C)sc3n2)c1. The Morgan fingerprint density at radius 2 is 1.96 bits per heavy atom. The molecule has 0 saturated carbocycles. The summed E-state index contributed by atoms with van der Waals surface area (Å²) in [6, 6.07) is 8.07. The van der Waals surface area contributed by atoms with E-state index in [1.807, 2.05) is 18.2 Å². The molecule has 5 heteroatoms. The number of rotatable bonds is 5. The normalized spacial score (nSPS) is 11.1. The summed E-state index contributed by atoms with van der Waals surface area (Å²) in [5.41, 5.74) is 3.55. The first kappa shape index (κ1) is 15.9. The first-order valence-corrected chi connectivity index (χ1v) is 8.47. The van der Waals surface area contributed by atoms with Gasteiger partial charge in [-0.2, -0.15) is 0 Å². The Labute approximate surface area is 140 Å². The Bertz CT molecular complexity index is 842. The van der Waals surface area contributed by atoms with Crippen LogP contribution >= 0.6 is 11.3 Å². The highest BCUT2D eigenvalue weighted by Crippen LogP contribution is 2.30. The maximum atomic E-state index is 5.25. The van der Waals surface area contributed by atoms with E-state index in [0.29, 0.717) is 6.54 Å². The number of thiophene rings is 1. The number of hydrogen-bond acceptors (Lipinski definition) is 5. The smallest absolute Gasteiger partial charge is 0.144 e. The van der Waals surface area contributed by atoms with Gasteiger partial charge >= 0.3 is 0 Å². The number of hydrogen-bond donors (Lipinski definition) is 1. The van der Waals surface area contributed by atoms with Crippen LogP contribution in [0.1, 0.15) is 27.5 Å². The molecule has 1 N–H and O–H groups in total. The molecule has 0 aliphatic heterocycles. The lowest BCUT2D eigenvalue weighted by Gasteiger charge is -2.07. The number of nitrogens with one attached hydrogen (secondary N) is 1. The molecule has 2 aromatic heterocycles. The van der Waals surface area contributed by atoms with Gasteiger partial charge in [-0.05, 0) is 44.0 Å². The number of aromatic nitrogens is 2. The van der Waals surface area contributed by atoms with Crippen molar-refractivity contribution in [2.24, 2.45) is 0 Å². The molecule has 4 nitrogen and oxygen atoms in total. The molecule has 0 fully saturated rings. The fourth-order valence-corrected chi connectivity index (χ4v) is 3.78. The lowest BCUT2D eigenvalue weighted by molar-refractivity contribution is 0.414. The zero-order chi connectivity index (χ0) is 16.4. The van der Waals surface area contributed by atoms with Crippen molar-refractivity contribution in [1.82, 2.24) is 15.3 Å². The Morgan fingerprint density at radius 3 is 2.74 bits per heavy atom. The van der Waals surface area contributed by atoms with Gasteiger partial charge < -0.3 is 10.1 Å². The van der Waals surface area contributed by atoms with E-state index in [2.05, 4.69) is 37.1 Å². The van der Waals surface area contributed by atoms with Crippen LogP contribution in [0.3, 0.4) is 0 Å². The summed E-state index contributed by atoms with van der Waals surface area (Å²) in [6.45, 7) is 7.77. The minimum atomic E-state index is 0.657. The van der Waals surface area contributed by atoms with Crippen LogP contribution in [0.2, 0.25) is 0 Å². The third-order valence-electron chi connectivity index (χ3n) is 4.00. The Kier molecular flexibility index (Phi) is 4.59. The van der Waals surface area contributed by atoms with Gasteiger partial charge in [-0.3, -0.25) is 0 Å². The van der Waals surface area contributed by atoms with Crippen molar-refractivity contribution in [3.05, 3.63) is 51.8 Å². The van der Waals surface area contributed by atoms with E-state index < -0.39 is 0 Å². The van der Waals surface area contributed by atoms with Gasteiger partial charge in [0.05, 0.1) is 19.3 Å². The Morgan fingerprint density at radius 1 is 1.13 bits per heavy atom. The third kappa shape index (κ3) is 3.35. The minimum Gasteiger partial charge on any atom is -0.497 e. The fraction of sp³-hybridized carbons (Fsp3) is 0.333. The number of nitrogens with zero attached hydrogens (tertiary/aromatic N) is 2. The van der Waals surface area contributed by atoms with Crippen LogP contribution in [0.4, 0.5) is 0 Å². The van der Waals surface area contributed by atoms with Crippen LogP contribution in [0, 0.1) is 20.8 Å². The van der Waals surface area contributed by atoms with Gasteiger partial charge in [-0.1, -0.05) is 12.1 Å². The van der Waals surface area contributed by atoms with Gasteiger partial charge in [0.25, 0.3) is 0 Å². The second kappa shape index (κ2) is 6.64. The minimum absolute atomic E-state index is 0.657. The quantitative estimate of drug-likeness (QED) is 0.772. The Hall–Kier alpha value is -1.98. The summed E-state index contributed by atoms with van der Waals surface area (Å²) >= 11 is 1.75. The van der Waals surface area contributed by atoms with Crippen LogP contribution < -0.4 is 10.1 Å². The molecule has 0 unspecified atom stereocenters. The van der Waals surface area contributed by atoms with Crippen LogP contribution in [-0.4, -0.2) is 17.1 Å². The largest absolute Gasteiger partial charge is 0.497 e. The molecule has 3 rings (SSSR count). The molecular formula is C18H21N3OS. The average Bonchev–Trinajstić information content (AvgIpc) is 2.82. The monoisotopic (exact) mass is 327 g/mol. The molecule has 0 atom stereocenters. The van der Waals surface area contributed by atoms with Gasteiger partial charge in [0, 0.05) is 16.8 Å². The first-order chi connectivity index (χ1) is 11.1. The lowest BCUT2D eigenvalue weighted by atomic mass is 10.2. The highest BCUT2D eigenvalue weighted by atomic mass is 32.1. The molecule has 0 aliphatic carbocycles. The maximum Gasteiger partial charge on any atom is 0.144 e. The zero-order valence-corrected chi connectivity index (χ0v) is 14.8. The van der Waals surface area contributed by atoms with E-state index in [9.17, 15) is 0 Å². The van der Waals surface area contributed by atoms with Crippen molar-refractivity contribution in [3.63, 3.8) is 0 Å². The molecule has 0 bridgehead atoms. The van der Waals surface area contributed by atoms with Gasteiger partial charge in [-0.15, -0.1) is 11.3 Å².